The summed E-state index contributed by atoms with van der Waals surface area (Å²) in [7, 11) is 0. The van der Waals surface area contributed by atoms with Gasteiger partial charge in [0.2, 0.25) is 5.91 Å². The van der Waals surface area contributed by atoms with Crippen LogP contribution < -0.4 is 16.0 Å². The number of nitrogens with one attached hydrogen (secondary N) is 1. The molecule has 1 amide bonds. The maximum absolute atomic E-state index is 11.1. The Morgan fingerprint density at radius 1 is 1.53 bits per heavy atom. The van der Waals surface area contributed by atoms with Crippen LogP contribution in [0.1, 0.15) is 38.3 Å². The monoisotopic (exact) mass is 261 g/mol. The molecule has 0 bridgehead atoms. The first-order valence-electron chi connectivity index (χ1n) is 6.98. The summed E-state index contributed by atoms with van der Waals surface area (Å²) in [5.41, 5.74) is 8.60. The second-order valence-electron chi connectivity index (χ2n) is 5.21. The topological polar surface area (TPSA) is 58.4 Å². The van der Waals surface area contributed by atoms with Gasteiger partial charge < -0.3 is 16.0 Å². The summed E-state index contributed by atoms with van der Waals surface area (Å²) >= 11 is 0. The second kappa shape index (κ2) is 6.06. The zero-order valence-electron chi connectivity index (χ0n) is 11.7. The van der Waals surface area contributed by atoms with Crippen molar-refractivity contribution in [1.82, 2.24) is 5.32 Å². The van der Waals surface area contributed by atoms with E-state index in [1.165, 1.54) is 11.3 Å². The fourth-order valence-electron chi connectivity index (χ4n) is 2.69. The van der Waals surface area contributed by atoms with E-state index in [0.29, 0.717) is 0 Å². The summed E-state index contributed by atoms with van der Waals surface area (Å²) in [4.78, 5) is 13.4. The normalized spacial score (nSPS) is 20.4. The number of carbonyl (C=O) groups is 1. The van der Waals surface area contributed by atoms with E-state index in [0.717, 1.165) is 25.9 Å². The van der Waals surface area contributed by atoms with Crippen molar-refractivity contribution in [3.63, 3.8) is 0 Å². The molecule has 4 heteroatoms. The highest BCUT2D eigenvalue weighted by Gasteiger charge is 2.25. The summed E-state index contributed by atoms with van der Waals surface area (Å²) in [5.74, 6) is 0.0467. The lowest BCUT2D eigenvalue weighted by Gasteiger charge is -2.24. The lowest BCUT2D eigenvalue weighted by Crippen LogP contribution is -2.35. The fraction of sp³-hybridized carbons (Fsp3) is 0.533. The Bertz CT molecular complexity index is 447. The Labute approximate surface area is 115 Å². The highest BCUT2D eigenvalue weighted by Crippen LogP contribution is 2.29. The number of benzene rings is 1. The van der Waals surface area contributed by atoms with Crippen LogP contribution in [0.5, 0.6) is 0 Å². The molecule has 104 valence electrons. The Hall–Kier alpha value is -1.55. The summed E-state index contributed by atoms with van der Waals surface area (Å²) < 4.78 is 0. The lowest BCUT2D eigenvalue weighted by atomic mass is 10.0. The molecule has 0 aliphatic carbocycles. The van der Waals surface area contributed by atoms with Crippen LogP contribution in [0.15, 0.2) is 24.3 Å². The van der Waals surface area contributed by atoms with Gasteiger partial charge in [0, 0.05) is 37.8 Å². The van der Waals surface area contributed by atoms with Crippen molar-refractivity contribution < 1.29 is 4.79 Å². The second-order valence-corrected chi connectivity index (χ2v) is 5.21. The van der Waals surface area contributed by atoms with Crippen LogP contribution in [0.2, 0.25) is 0 Å². The van der Waals surface area contributed by atoms with E-state index < -0.39 is 0 Å². The Morgan fingerprint density at radius 2 is 2.26 bits per heavy atom. The number of nitrogens with two attached hydrogens (primary N) is 1. The van der Waals surface area contributed by atoms with Gasteiger partial charge in [0.05, 0.1) is 0 Å². The smallest absolute Gasteiger partial charge is 0.217 e. The third-order valence-electron chi connectivity index (χ3n) is 3.71. The molecular weight excluding hydrogens is 238 g/mol. The molecule has 0 radical (unpaired) electrons. The van der Waals surface area contributed by atoms with Crippen LogP contribution >= 0.6 is 0 Å². The van der Waals surface area contributed by atoms with Crippen LogP contribution in [0.3, 0.4) is 0 Å². The molecule has 1 heterocycles. The van der Waals surface area contributed by atoms with Gasteiger partial charge in [-0.1, -0.05) is 25.1 Å². The molecule has 1 aromatic rings. The first-order valence-corrected chi connectivity index (χ1v) is 6.98. The van der Waals surface area contributed by atoms with Gasteiger partial charge in [-0.2, -0.15) is 0 Å². The molecule has 2 atom stereocenters. The number of anilines is 1. The summed E-state index contributed by atoms with van der Waals surface area (Å²) in [6, 6.07) is 8.65. The molecule has 2 rings (SSSR count). The number of para-hydroxylation sites is 1. The van der Waals surface area contributed by atoms with Crippen LogP contribution in [0.25, 0.3) is 0 Å². The third kappa shape index (κ3) is 3.26. The number of hydrogen-bond donors (Lipinski definition) is 2. The fourth-order valence-corrected chi connectivity index (χ4v) is 2.69. The third-order valence-corrected chi connectivity index (χ3v) is 3.71. The highest BCUT2D eigenvalue weighted by molar-refractivity contribution is 5.73. The van der Waals surface area contributed by atoms with Gasteiger partial charge in [-0.05, 0) is 24.5 Å². The van der Waals surface area contributed by atoms with Crippen molar-refractivity contribution in [2.45, 2.75) is 38.8 Å². The van der Waals surface area contributed by atoms with Crippen molar-refractivity contribution in [1.29, 1.82) is 0 Å². The molecule has 1 saturated heterocycles. The maximum atomic E-state index is 11.1. The van der Waals surface area contributed by atoms with Gasteiger partial charge in [0.15, 0.2) is 0 Å². The van der Waals surface area contributed by atoms with Gasteiger partial charge in [0.1, 0.15) is 0 Å². The Kier molecular flexibility index (Phi) is 4.43. The average molecular weight is 261 g/mol. The van der Waals surface area contributed by atoms with Gasteiger partial charge >= 0.3 is 0 Å². The first-order chi connectivity index (χ1) is 9.11. The minimum Gasteiger partial charge on any atom is -0.369 e. The molecule has 1 aliphatic heterocycles. The number of rotatable bonds is 4. The molecule has 19 heavy (non-hydrogen) atoms. The van der Waals surface area contributed by atoms with Crippen molar-refractivity contribution in [3.05, 3.63) is 29.8 Å². The zero-order chi connectivity index (χ0) is 13.8. The highest BCUT2D eigenvalue weighted by atomic mass is 16.1. The lowest BCUT2D eigenvalue weighted by molar-refractivity contribution is -0.119. The predicted molar refractivity (Wildman–Crippen MR) is 78.1 cm³/mol. The van der Waals surface area contributed by atoms with Crippen LogP contribution in [0, 0.1) is 0 Å². The van der Waals surface area contributed by atoms with E-state index in [-0.39, 0.29) is 18.0 Å². The van der Waals surface area contributed by atoms with Crippen molar-refractivity contribution in [2.75, 3.05) is 18.0 Å². The SMILES string of the molecule is CC[C@H](N)c1ccccc1N1CCC(NC(C)=O)C1. The van der Waals surface area contributed by atoms with Crippen molar-refractivity contribution in [3.8, 4) is 0 Å². The first kappa shape index (κ1) is 13.9. The minimum atomic E-state index is 0.0467. The molecule has 3 N–H and O–H groups in total. The maximum Gasteiger partial charge on any atom is 0.217 e. The van der Waals surface area contributed by atoms with Crippen LogP contribution in [-0.2, 0) is 4.79 Å². The molecular formula is C15H23N3O. The number of carbonyl (C=O) groups excluding carboxylic acids is 1. The van der Waals surface area contributed by atoms with E-state index in [1.54, 1.807) is 6.92 Å². The van der Waals surface area contributed by atoms with Gasteiger partial charge in [-0.15, -0.1) is 0 Å². The molecule has 1 unspecified atom stereocenters. The number of nitrogens with zero attached hydrogens (tertiary/aromatic N) is 1. The van der Waals surface area contributed by atoms with E-state index >= 15 is 0 Å². The van der Waals surface area contributed by atoms with Gasteiger partial charge in [-0.3, -0.25) is 4.79 Å². The number of hydrogen-bond acceptors (Lipinski definition) is 3. The van der Waals surface area contributed by atoms with E-state index in [4.69, 9.17) is 5.73 Å². The molecule has 0 spiro atoms. The number of amides is 1. The molecule has 0 saturated carbocycles. The molecule has 1 aromatic carbocycles. The summed E-state index contributed by atoms with van der Waals surface area (Å²) in [5, 5.41) is 2.99. The van der Waals surface area contributed by atoms with Crippen molar-refractivity contribution >= 4 is 11.6 Å². The largest absolute Gasteiger partial charge is 0.369 e. The van der Waals surface area contributed by atoms with Gasteiger partial charge in [-0.25, -0.2) is 0 Å². The van der Waals surface area contributed by atoms with E-state index in [1.807, 2.05) is 12.1 Å². The van der Waals surface area contributed by atoms with Crippen molar-refractivity contribution in [2.24, 2.45) is 5.73 Å². The van der Waals surface area contributed by atoms with Crippen LogP contribution in [0.4, 0.5) is 5.69 Å². The molecule has 1 fully saturated rings. The molecule has 0 aromatic heterocycles. The van der Waals surface area contributed by atoms with E-state index in [9.17, 15) is 4.79 Å². The van der Waals surface area contributed by atoms with Crippen LogP contribution in [-0.4, -0.2) is 25.0 Å². The van der Waals surface area contributed by atoms with Gasteiger partial charge in [0.25, 0.3) is 0 Å². The zero-order valence-corrected chi connectivity index (χ0v) is 11.7. The summed E-state index contributed by atoms with van der Waals surface area (Å²) in [6.45, 7) is 5.51. The summed E-state index contributed by atoms with van der Waals surface area (Å²) in [6.07, 6.45) is 1.93. The minimum absolute atomic E-state index is 0.0467. The quantitative estimate of drug-likeness (QED) is 0.869. The van der Waals surface area contributed by atoms with E-state index in [2.05, 4.69) is 29.3 Å². The predicted octanol–water partition coefficient (Wildman–Crippen LogP) is 1.81. The Balaban J connectivity index is 2.13. The Morgan fingerprint density at radius 3 is 2.95 bits per heavy atom. The average Bonchev–Trinajstić information content (AvgIpc) is 2.85. The standard InChI is InChI=1S/C15H23N3O/c1-3-14(16)13-6-4-5-7-15(13)18-9-8-12(10-18)17-11(2)19/h4-7,12,14H,3,8-10,16H2,1-2H3,(H,17,19)/t12?,14-/m0/s1. The molecule has 1 aliphatic rings. The molecule has 4 nitrogen and oxygen atoms in total.